The summed E-state index contributed by atoms with van der Waals surface area (Å²) in [7, 11) is 0. The average Bonchev–Trinajstić information content (AvgIpc) is 2.18. The maximum absolute atomic E-state index is 8.01. The Morgan fingerprint density at radius 1 is 1.57 bits per heavy atom. The van der Waals surface area contributed by atoms with Crippen LogP contribution in [0, 0.1) is 18.8 Å². The summed E-state index contributed by atoms with van der Waals surface area (Å²) in [5, 5.41) is 3.36. The molecule has 14 heavy (non-hydrogen) atoms. The Labute approximate surface area is 81.8 Å². The molecule has 0 unspecified atom stereocenters. The fourth-order valence-electron chi connectivity index (χ4n) is 0.827. The van der Waals surface area contributed by atoms with Crippen LogP contribution in [0.1, 0.15) is 17.8 Å². The van der Waals surface area contributed by atoms with Crippen LogP contribution in [-0.4, -0.2) is 16.5 Å². The first-order chi connectivity index (χ1) is 6.83. The molecule has 0 aliphatic heterocycles. The highest BCUT2D eigenvalue weighted by molar-refractivity contribution is 5.25. The fraction of sp³-hybridized carbons (Fsp3) is 0.333. The Morgan fingerprint density at radius 2 is 2.43 bits per heavy atom. The van der Waals surface area contributed by atoms with Gasteiger partial charge in [0.05, 0.1) is 11.9 Å². The largest absolute Gasteiger partial charge is 0.260 e. The summed E-state index contributed by atoms with van der Waals surface area (Å²) in [6.45, 7) is 2.25. The first kappa shape index (κ1) is 10.0. The van der Waals surface area contributed by atoms with Crippen molar-refractivity contribution in [2.24, 2.45) is 5.11 Å². The van der Waals surface area contributed by atoms with Crippen molar-refractivity contribution in [3.8, 4) is 11.8 Å². The summed E-state index contributed by atoms with van der Waals surface area (Å²) in [6, 6.07) is 0. The molecule has 0 spiro atoms. The summed E-state index contributed by atoms with van der Waals surface area (Å²) in [5.74, 6) is 5.68. The van der Waals surface area contributed by atoms with Crippen molar-refractivity contribution in [1.82, 2.24) is 9.97 Å². The van der Waals surface area contributed by atoms with Crippen LogP contribution in [0.2, 0.25) is 0 Å². The minimum Gasteiger partial charge on any atom is -0.260 e. The van der Waals surface area contributed by atoms with Gasteiger partial charge in [-0.25, -0.2) is 4.98 Å². The van der Waals surface area contributed by atoms with Gasteiger partial charge in [-0.1, -0.05) is 11.0 Å². The molecule has 5 heteroatoms. The van der Waals surface area contributed by atoms with Gasteiger partial charge in [-0.3, -0.25) is 4.98 Å². The monoisotopic (exact) mass is 187 g/mol. The van der Waals surface area contributed by atoms with Gasteiger partial charge in [0.1, 0.15) is 5.69 Å². The topological polar surface area (TPSA) is 74.5 Å². The Hall–Kier alpha value is -2.05. The molecule has 1 aromatic heterocycles. The van der Waals surface area contributed by atoms with Crippen molar-refractivity contribution in [3.63, 3.8) is 0 Å². The van der Waals surface area contributed by atoms with E-state index in [9.17, 15) is 0 Å². The molecule has 0 aliphatic carbocycles. The Kier molecular flexibility index (Phi) is 3.99. The third-order valence-electron chi connectivity index (χ3n) is 1.37. The molecule has 0 saturated carbocycles. The molecule has 1 heterocycles. The molecule has 0 bridgehead atoms. The molecular weight excluding hydrogens is 178 g/mol. The number of aromatic nitrogens is 2. The number of azide groups is 1. The molecule has 0 fully saturated rings. The predicted molar refractivity (Wildman–Crippen MR) is 52.3 cm³/mol. The van der Waals surface area contributed by atoms with E-state index >= 15 is 0 Å². The Morgan fingerprint density at radius 3 is 3.14 bits per heavy atom. The summed E-state index contributed by atoms with van der Waals surface area (Å²) in [4.78, 5) is 10.7. The highest BCUT2D eigenvalue weighted by Gasteiger charge is 1.88. The number of hydrogen-bond acceptors (Lipinski definition) is 3. The molecule has 0 N–H and O–H groups in total. The van der Waals surface area contributed by atoms with Crippen molar-refractivity contribution < 1.29 is 0 Å². The van der Waals surface area contributed by atoms with Gasteiger partial charge in [-0.15, -0.1) is 0 Å². The van der Waals surface area contributed by atoms with E-state index in [2.05, 4.69) is 31.8 Å². The summed E-state index contributed by atoms with van der Waals surface area (Å²) in [6.07, 6.45) is 3.82. The molecule has 0 atom stereocenters. The fourth-order valence-corrected chi connectivity index (χ4v) is 0.827. The Balaban J connectivity index is 2.54. The van der Waals surface area contributed by atoms with E-state index in [0.29, 0.717) is 18.7 Å². The quantitative estimate of drug-likeness (QED) is 0.233. The number of rotatable bonds is 2. The van der Waals surface area contributed by atoms with Crippen LogP contribution in [0.3, 0.4) is 0 Å². The lowest BCUT2D eigenvalue weighted by Crippen LogP contribution is -1.87. The summed E-state index contributed by atoms with van der Waals surface area (Å²) in [5.41, 5.74) is 9.49. The van der Waals surface area contributed by atoms with Crippen molar-refractivity contribution in [1.29, 1.82) is 0 Å². The first-order valence-electron chi connectivity index (χ1n) is 4.11. The van der Waals surface area contributed by atoms with Crippen LogP contribution < -0.4 is 0 Å². The zero-order valence-corrected chi connectivity index (χ0v) is 7.80. The molecular formula is C9H9N5. The second-order valence-electron chi connectivity index (χ2n) is 2.55. The lowest BCUT2D eigenvalue weighted by atomic mass is 10.3. The zero-order chi connectivity index (χ0) is 10.2. The van der Waals surface area contributed by atoms with Crippen molar-refractivity contribution in [3.05, 3.63) is 34.2 Å². The normalized spacial score (nSPS) is 8.36. The molecule has 0 saturated heterocycles. The van der Waals surface area contributed by atoms with Crippen molar-refractivity contribution >= 4 is 0 Å². The molecule has 70 valence electrons. The van der Waals surface area contributed by atoms with Gasteiger partial charge in [0, 0.05) is 24.1 Å². The second kappa shape index (κ2) is 5.57. The minimum absolute atomic E-state index is 0.392. The summed E-state index contributed by atoms with van der Waals surface area (Å²) >= 11 is 0. The van der Waals surface area contributed by atoms with Crippen LogP contribution in [0.25, 0.3) is 10.4 Å². The highest BCUT2D eigenvalue weighted by atomic mass is 15.1. The SMILES string of the molecule is Cc1cncc(C#CCCN=[N+]=[N-])n1. The van der Waals surface area contributed by atoms with E-state index in [1.54, 1.807) is 12.4 Å². The van der Waals surface area contributed by atoms with E-state index in [1.165, 1.54) is 0 Å². The van der Waals surface area contributed by atoms with Gasteiger partial charge in [0.25, 0.3) is 0 Å². The molecule has 5 nitrogen and oxygen atoms in total. The lowest BCUT2D eigenvalue weighted by Gasteiger charge is -1.90. The van der Waals surface area contributed by atoms with Crippen molar-refractivity contribution in [2.45, 2.75) is 13.3 Å². The number of aryl methyl sites for hydroxylation is 1. The molecule has 0 aliphatic rings. The molecule has 0 radical (unpaired) electrons. The van der Waals surface area contributed by atoms with Crippen LogP contribution in [0.4, 0.5) is 0 Å². The van der Waals surface area contributed by atoms with Gasteiger partial charge in [-0.2, -0.15) is 0 Å². The third kappa shape index (κ3) is 3.57. The molecule has 1 rings (SSSR count). The maximum atomic E-state index is 8.01. The highest BCUT2D eigenvalue weighted by Crippen LogP contribution is 1.92. The van der Waals surface area contributed by atoms with Gasteiger partial charge in [0.15, 0.2) is 0 Å². The second-order valence-corrected chi connectivity index (χ2v) is 2.55. The van der Waals surface area contributed by atoms with Gasteiger partial charge in [-0.05, 0) is 18.4 Å². The van der Waals surface area contributed by atoms with Crippen molar-refractivity contribution in [2.75, 3.05) is 6.54 Å². The van der Waals surface area contributed by atoms with Crippen LogP contribution in [0.15, 0.2) is 17.5 Å². The van der Waals surface area contributed by atoms with Crippen LogP contribution in [-0.2, 0) is 0 Å². The van der Waals surface area contributed by atoms with E-state index in [0.717, 1.165) is 5.69 Å². The van der Waals surface area contributed by atoms with Gasteiger partial charge < -0.3 is 0 Å². The molecule has 1 aromatic rings. The predicted octanol–water partition coefficient (Wildman–Crippen LogP) is 1.84. The summed E-state index contributed by atoms with van der Waals surface area (Å²) < 4.78 is 0. The smallest absolute Gasteiger partial charge is 0.131 e. The maximum Gasteiger partial charge on any atom is 0.131 e. The van der Waals surface area contributed by atoms with Crippen LogP contribution >= 0.6 is 0 Å². The third-order valence-corrected chi connectivity index (χ3v) is 1.37. The van der Waals surface area contributed by atoms with E-state index in [-0.39, 0.29) is 0 Å². The number of hydrogen-bond donors (Lipinski definition) is 0. The standard InChI is InChI=1S/C9H9N5/c1-8-6-11-7-9(13-8)4-2-3-5-12-14-10/h6-7H,3,5H2,1H3. The molecule has 0 amide bonds. The molecule has 0 aromatic carbocycles. The van der Waals surface area contributed by atoms with E-state index in [1.807, 2.05) is 6.92 Å². The Bertz CT molecular complexity index is 409. The lowest BCUT2D eigenvalue weighted by molar-refractivity contribution is 1.01. The van der Waals surface area contributed by atoms with Crippen LogP contribution in [0.5, 0.6) is 0 Å². The van der Waals surface area contributed by atoms with E-state index in [4.69, 9.17) is 5.53 Å². The average molecular weight is 187 g/mol. The zero-order valence-electron chi connectivity index (χ0n) is 7.80. The number of nitrogens with zero attached hydrogens (tertiary/aromatic N) is 5. The van der Waals surface area contributed by atoms with Gasteiger partial charge in [0.2, 0.25) is 0 Å². The van der Waals surface area contributed by atoms with Gasteiger partial charge >= 0.3 is 0 Å². The first-order valence-corrected chi connectivity index (χ1v) is 4.11. The van der Waals surface area contributed by atoms with E-state index < -0.39 is 0 Å². The minimum atomic E-state index is 0.392.